The molecule has 1 aromatic rings. The summed E-state index contributed by atoms with van der Waals surface area (Å²) in [6.45, 7) is 5.40. The SMILES string of the molecule is CCN(C(=O)c1nc(NC)ccc1Cl)C(C)CN(C)C. The summed E-state index contributed by atoms with van der Waals surface area (Å²) in [5.41, 5.74) is 0.297. The van der Waals surface area contributed by atoms with Crippen LogP contribution in [0, 0.1) is 0 Å². The number of likely N-dealkylation sites (N-methyl/N-ethyl adjacent to an activating group) is 2. The van der Waals surface area contributed by atoms with E-state index in [2.05, 4.69) is 15.2 Å². The molecular formula is C14H23ClN4O. The number of hydrogen-bond acceptors (Lipinski definition) is 4. The maximum Gasteiger partial charge on any atom is 0.274 e. The van der Waals surface area contributed by atoms with E-state index < -0.39 is 0 Å². The van der Waals surface area contributed by atoms with E-state index in [4.69, 9.17) is 11.6 Å². The molecule has 0 aliphatic rings. The molecule has 0 radical (unpaired) electrons. The van der Waals surface area contributed by atoms with E-state index in [1.807, 2.05) is 27.9 Å². The van der Waals surface area contributed by atoms with Crippen LogP contribution >= 0.6 is 11.6 Å². The highest BCUT2D eigenvalue weighted by Crippen LogP contribution is 2.19. The van der Waals surface area contributed by atoms with E-state index in [0.717, 1.165) is 6.54 Å². The Morgan fingerprint density at radius 1 is 1.45 bits per heavy atom. The zero-order chi connectivity index (χ0) is 15.3. The van der Waals surface area contributed by atoms with Gasteiger partial charge in [0.05, 0.1) is 5.02 Å². The molecule has 1 unspecified atom stereocenters. The van der Waals surface area contributed by atoms with Gasteiger partial charge in [0.25, 0.3) is 5.91 Å². The number of nitrogens with zero attached hydrogens (tertiary/aromatic N) is 3. The largest absolute Gasteiger partial charge is 0.373 e. The summed E-state index contributed by atoms with van der Waals surface area (Å²) in [6, 6.07) is 3.54. The molecule has 1 aromatic heterocycles. The van der Waals surface area contributed by atoms with Crippen molar-refractivity contribution in [1.82, 2.24) is 14.8 Å². The Hall–Kier alpha value is -1.33. The molecule has 0 aliphatic carbocycles. The summed E-state index contributed by atoms with van der Waals surface area (Å²) < 4.78 is 0. The summed E-state index contributed by atoms with van der Waals surface area (Å²) in [6.07, 6.45) is 0. The lowest BCUT2D eigenvalue weighted by Crippen LogP contribution is -2.44. The molecule has 5 nitrogen and oxygen atoms in total. The lowest BCUT2D eigenvalue weighted by molar-refractivity contribution is 0.0673. The number of rotatable bonds is 6. The van der Waals surface area contributed by atoms with Crippen molar-refractivity contribution >= 4 is 23.3 Å². The molecule has 0 saturated heterocycles. The second-order valence-corrected chi connectivity index (χ2v) is 5.39. The van der Waals surface area contributed by atoms with Crippen molar-refractivity contribution in [3.05, 3.63) is 22.8 Å². The highest BCUT2D eigenvalue weighted by atomic mass is 35.5. The van der Waals surface area contributed by atoms with Crippen LogP contribution in [0.4, 0.5) is 5.82 Å². The normalized spacial score (nSPS) is 12.3. The molecule has 0 spiro atoms. The minimum Gasteiger partial charge on any atom is -0.373 e. The number of pyridine rings is 1. The van der Waals surface area contributed by atoms with E-state index in [-0.39, 0.29) is 11.9 Å². The molecule has 20 heavy (non-hydrogen) atoms. The molecule has 0 saturated carbocycles. The zero-order valence-corrected chi connectivity index (χ0v) is 13.5. The van der Waals surface area contributed by atoms with Crippen LogP contribution in [0.1, 0.15) is 24.3 Å². The standard InChI is InChI=1S/C14H23ClN4O/c1-6-19(10(2)9-18(4)5)14(20)13-11(15)7-8-12(16-3)17-13/h7-8,10H,6,9H2,1-5H3,(H,16,17). The van der Waals surface area contributed by atoms with Gasteiger partial charge in [-0.25, -0.2) is 4.98 Å². The van der Waals surface area contributed by atoms with Crippen LogP contribution in [0.3, 0.4) is 0 Å². The Morgan fingerprint density at radius 3 is 2.60 bits per heavy atom. The number of halogens is 1. The minimum atomic E-state index is -0.135. The minimum absolute atomic E-state index is 0.0959. The second kappa shape index (κ2) is 7.45. The van der Waals surface area contributed by atoms with Gasteiger partial charge in [0.15, 0.2) is 0 Å². The Balaban J connectivity index is 3.01. The topological polar surface area (TPSA) is 48.5 Å². The van der Waals surface area contributed by atoms with Crippen molar-refractivity contribution in [2.24, 2.45) is 0 Å². The summed E-state index contributed by atoms with van der Waals surface area (Å²) in [5.74, 6) is 0.498. The number of anilines is 1. The van der Waals surface area contributed by atoms with Crippen LogP contribution in [0.5, 0.6) is 0 Å². The van der Waals surface area contributed by atoms with E-state index in [1.54, 1.807) is 24.1 Å². The monoisotopic (exact) mass is 298 g/mol. The van der Waals surface area contributed by atoms with Crippen LogP contribution in [0.15, 0.2) is 12.1 Å². The number of hydrogen-bond donors (Lipinski definition) is 1. The van der Waals surface area contributed by atoms with Crippen LogP contribution in [0.25, 0.3) is 0 Å². The molecule has 1 atom stereocenters. The second-order valence-electron chi connectivity index (χ2n) is 4.98. The fourth-order valence-electron chi connectivity index (χ4n) is 2.15. The van der Waals surface area contributed by atoms with Crippen LogP contribution in [-0.2, 0) is 0 Å². The fraction of sp³-hybridized carbons (Fsp3) is 0.571. The average molecular weight is 299 g/mol. The Bertz CT molecular complexity index is 464. The maximum atomic E-state index is 12.6. The maximum absolute atomic E-state index is 12.6. The number of nitrogens with one attached hydrogen (secondary N) is 1. The third-order valence-corrected chi connectivity index (χ3v) is 3.37. The molecule has 0 bridgehead atoms. The summed E-state index contributed by atoms with van der Waals surface area (Å²) >= 11 is 6.11. The smallest absolute Gasteiger partial charge is 0.274 e. The van der Waals surface area contributed by atoms with Crippen LogP contribution < -0.4 is 5.32 Å². The van der Waals surface area contributed by atoms with Gasteiger partial charge >= 0.3 is 0 Å². The summed E-state index contributed by atoms with van der Waals surface area (Å²) in [5, 5.41) is 3.30. The first-order valence-electron chi connectivity index (χ1n) is 6.70. The van der Waals surface area contributed by atoms with Gasteiger partial charge in [0.2, 0.25) is 0 Å². The van der Waals surface area contributed by atoms with Gasteiger partial charge in [-0.3, -0.25) is 4.79 Å². The van der Waals surface area contributed by atoms with E-state index in [1.165, 1.54) is 0 Å². The summed E-state index contributed by atoms with van der Waals surface area (Å²) in [4.78, 5) is 20.7. The van der Waals surface area contributed by atoms with E-state index in [9.17, 15) is 4.79 Å². The van der Waals surface area contributed by atoms with Gasteiger partial charge < -0.3 is 15.1 Å². The van der Waals surface area contributed by atoms with Crippen molar-refractivity contribution in [3.8, 4) is 0 Å². The van der Waals surface area contributed by atoms with E-state index >= 15 is 0 Å². The highest BCUT2D eigenvalue weighted by Gasteiger charge is 2.23. The highest BCUT2D eigenvalue weighted by molar-refractivity contribution is 6.33. The van der Waals surface area contributed by atoms with Crippen molar-refractivity contribution in [1.29, 1.82) is 0 Å². The average Bonchev–Trinajstić information content (AvgIpc) is 2.39. The number of carbonyl (C=O) groups is 1. The van der Waals surface area contributed by atoms with Crippen molar-refractivity contribution in [2.45, 2.75) is 19.9 Å². The fourth-order valence-corrected chi connectivity index (χ4v) is 2.34. The Morgan fingerprint density at radius 2 is 2.10 bits per heavy atom. The quantitative estimate of drug-likeness (QED) is 0.874. The molecule has 1 heterocycles. The lowest BCUT2D eigenvalue weighted by Gasteiger charge is -2.30. The zero-order valence-electron chi connectivity index (χ0n) is 12.8. The molecule has 1 rings (SSSR count). The third kappa shape index (κ3) is 4.08. The number of amides is 1. The van der Waals surface area contributed by atoms with Gasteiger partial charge in [-0.05, 0) is 40.1 Å². The predicted octanol–water partition coefficient (Wildman–Crippen LogP) is 2.19. The van der Waals surface area contributed by atoms with Gasteiger partial charge in [-0.2, -0.15) is 0 Å². The van der Waals surface area contributed by atoms with Crippen molar-refractivity contribution in [2.75, 3.05) is 39.5 Å². The van der Waals surface area contributed by atoms with Gasteiger partial charge in [0.1, 0.15) is 11.5 Å². The molecule has 1 N–H and O–H groups in total. The predicted molar refractivity (Wildman–Crippen MR) is 83.5 cm³/mol. The number of aromatic nitrogens is 1. The van der Waals surface area contributed by atoms with Crippen molar-refractivity contribution < 1.29 is 4.79 Å². The van der Waals surface area contributed by atoms with E-state index in [0.29, 0.717) is 23.1 Å². The first kappa shape index (κ1) is 16.7. The van der Waals surface area contributed by atoms with Gasteiger partial charge in [-0.1, -0.05) is 11.6 Å². The molecule has 6 heteroatoms. The first-order chi connectivity index (χ1) is 9.40. The molecule has 0 fully saturated rings. The molecular weight excluding hydrogens is 276 g/mol. The van der Waals surface area contributed by atoms with Gasteiger partial charge in [0, 0.05) is 26.2 Å². The first-order valence-corrected chi connectivity index (χ1v) is 7.08. The summed E-state index contributed by atoms with van der Waals surface area (Å²) in [7, 11) is 5.74. The van der Waals surface area contributed by atoms with Gasteiger partial charge in [-0.15, -0.1) is 0 Å². The third-order valence-electron chi connectivity index (χ3n) is 3.07. The Kier molecular flexibility index (Phi) is 6.23. The Labute approximate surface area is 125 Å². The van der Waals surface area contributed by atoms with Crippen LogP contribution in [0.2, 0.25) is 5.02 Å². The number of carbonyl (C=O) groups excluding carboxylic acids is 1. The molecule has 1 amide bonds. The molecule has 112 valence electrons. The molecule has 0 aromatic carbocycles. The van der Waals surface area contributed by atoms with Crippen molar-refractivity contribution in [3.63, 3.8) is 0 Å². The lowest BCUT2D eigenvalue weighted by atomic mass is 10.2. The van der Waals surface area contributed by atoms with Crippen LogP contribution in [-0.4, -0.2) is 61.0 Å². The molecule has 0 aliphatic heterocycles.